The van der Waals surface area contributed by atoms with Crippen molar-refractivity contribution in [3.8, 4) is 0 Å². The van der Waals surface area contributed by atoms with E-state index >= 15 is 0 Å². The number of rotatable bonds is 3. The van der Waals surface area contributed by atoms with Crippen molar-refractivity contribution in [3.05, 3.63) is 48.2 Å². The molecule has 0 aliphatic rings. The standard InChI is InChI=1S/C13H11F2N3O2/c1-20-13(19)17-8-5-6-11(16-7-8)18-12-9(14)3-2-4-10(12)15/h2-7H,1H3,(H,16,18)(H,17,19). The highest BCUT2D eigenvalue weighted by Gasteiger charge is 2.09. The zero-order valence-corrected chi connectivity index (χ0v) is 10.5. The van der Waals surface area contributed by atoms with E-state index in [9.17, 15) is 13.6 Å². The first kappa shape index (κ1) is 13.7. The van der Waals surface area contributed by atoms with E-state index in [0.717, 1.165) is 12.1 Å². The summed E-state index contributed by atoms with van der Waals surface area (Å²) in [5, 5.41) is 4.94. The fourth-order valence-corrected chi connectivity index (χ4v) is 1.46. The monoisotopic (exact) mass is 279 g/mol. The summed E-state index contributed by atoms with van der Waals surface area (Å²) >= 11 is 0. The van der Waals surface area contributed by atoms with Gasteiger partial charge in [-0.05, 0) is 24.3 Å². The van der Waals surface area contributed by atoms with E-state index in [1.807, 2.05) is 0 Å². The van der Waals surface area contributed by atoms with E-state index in [1.165, 1.54) is 31.5 Å². The molecule has 0 atom stereocenters. The minimum atomic E-state index is -0.719. The molecule has 104 valence electrons. The van der Waals surface area contributed by atoms with Gasteiger partial charge in [0.2, 0.25) is 0 Å². The van der Waals surface area contributed by atoms with Crippen molar-refractivity contribution in [2.24, 2.45) is 0 Å². The van der Waals surface area contributed by atoms with Gasteiger partial charge in [0.1, 0.15) is 23.1 Å². The van der Waals surface area contributed by atoms with E-state index in [4.69, 9.17) is 0 Å². The number of amides is 1. The number of ether oxygens (including phenoxy) is 1. The number of para-hydroxylation sites is 1. The predicted molar refractivity (Wildman–Crippen MR) is 69.9 cm³/mol. The number of pyridine rings is 1. The molecule has 0 fully saturated rings. The van der Waals surface area contributed by atoms with Gasteiger partial charge in [-0.15, -0.1) is 0 Å². The van der Waals surface area contributed by atoms with E-state index in [-0.39, 0.29) is 11.5 Å². The van der Waals surface area contributed by atoms with Crippen LogP contribution in [0.15, 0.2) is 36.5 Å². The molecule has 2 rings (SSSR count). The zero-order chi connectivity index (χ0) is 14.5. The zero-order valence-electron chi connectivity index (χ0n) is 10.5. The van der Waals surface area contributed by atoms with Gasteiger partial charge in [-0.25, -0.2) is 18.6 Å². The Hall–Kier alpha value is -2.70. The third kappa shape index (κ3) is 3.19. The van der Waals surface area contributed by atoms with Crippen molar-refractivity contribution in [2.75, 3.05) is 17.7 Å². The van der Waals surface area contributed by atoms with Crippen LogP contribution in [0.1, 0.15) is 0 Å². The summed E-state index contributed by atoms with van der Waals surface area (Å²) in [5.74, 6) is -1.20. The van der Waals surface area contributed by atoms with Gasteiger partial charge < -0.3 is 10.1 Å². The lowest BCUT2D eigenvalue weighted by atomic mass is 10.3. The van der Waals surface area contributed by atoms with Gasteiger partial charge in [-0.3, -0.25) is 5.32 Å². The molecule has 0 unspecified atom stereocenters. The first-order valence-electron chi connectivity index (χ1n) is 5.62. The van der Waals surface area contributed by atoms with Crippen LogP contribution in [0.2, 0.25) is 0 Å². The summed E-state index contributed by atoms with van der Waals surface area (Å²) < 4.78 is 31.3. The smallest absolute Gasteiger partial charge is 0.411 e. The minimum Gasteiger partial charge on any atom is -0.453 e. The second-order valence-corrected chi connectivity index (χ2v) is 3.77. The molecule has 1 heterocycles. The van der Waals surface area contributed by atoms with Crippen molar-refractivity contribution in [3.63, 3.8) is 0 Å². The number of carbonyl (C=O) groups excluding carboxylic acids is 1. The second-order valence-electron chi connectivity index (χ2n) is 3.77. The topological polar surface area (TPSA) is 63.2 Å². The second kappa shape index (κ2) is 5.96. The lowest BCUT2D eigenvalue weighted by Gasteiger charge is -2.08. The number of hydrogen-bond acceptors (Lipinski definition) is 4. The van der Waals surface area contributed by atoms with E-state index in [1.54, 1.807) is 0 Å². The predicted octanol–water partition coefficient (Wildman–Crippen LogP) is 3.28. The number of benzene rings is 1. The maximum atomic E-state index is 13.4. The Balaban J connectivity index is 2.13. The van der Waals surface area contributed by atoms with Crippen LogP contribution in [0.4, 0.5) is 30.8 Å². The molecule has 0 aliphatic carbocycles. The van der Waals surface area contributed by atoms with Crippen LogP contribution in [-0.2, 0) is 4.74 Å². The number of aromatic nitrogens is 1. The van der Waals surface area contributed by atoms with Crippen LogP contribution in [-0.4, -0.2) is 18.2 Å². The quantitative estimate of drug-likeness (QED) is 0.905. The van der Waals surface area contributed by atoms with Crippen molar-refractivity contribution in [1.82, 2.24) is 4.98 Å². The number of anilines is 3. The minimum absolute atomic E-state index is 0.240. The average Bonchev–Trinajstić information content (AvgIpc) is 2.44. The number of halogens is 2. The summed E-state index contributed by atoms with van der Waals surface area (Å²) in [5.41, 5.74) is 0.116. The Labute approximate surface area is 113 Å². The van der Waals surface area contributed by atoms with Crippen molar-refractivity contribution in [2.45, 2.75) is 0 Å². The molecule has 7 heteroatoms. The highest BCUT2D eigenvalue weighted by atomic mass is 19.1. The molecule has 0 spiro atoms. The van der Waals surface area contributed by atoms with Crippen LogP contribution < -0.4 is 10.6 Å². The summed E-state index contributed by atoms with van der Waals surface area (Å²) in [4.78, 5) is 14.9. The van der Waals surface area contributed by atoms with Gasteiger partial charge in [-0.2, -0.15) is 0 Å². The van der Waals surface area contributed by atoms with E-state index in [0.29, 0.717) is 5.69 Å². The Morgan fingerprint density at radius 1 is 1.20 bits per heavy atom. The lowest BCUT2D eigenvalue weighted by molar-refractivity contribution is 0.187. The van der Waals surface area contributed by atoms with Crippen LogP contribution in [0, 0.1) is 11.6 Å². The summed E-state index contributed by atoms with van der Waals surface area (Å²) in [7, 11) is 1.24. The fraction of sp³-hybridized carbons (Fsp3) is 0.0769. The number of hydrogen-bond donors (Lipinski definition) is 2. The van der Waals surface area contributed by atoms with Crippen LogP contribution in [0.25, 0.3) is 0 Å². The van der Waals surface area contributed by atoms with Gasteiger partial charge in [-0.1, -0.05) is 6.07 Å². The first-order chi connectivity index (χ1) is 9.60. The van der Waals surface area contributed by atoms with Gasteiger partial charge >= 0.3 is 6.09 Å². The van der Waals surface area contributed by atoms with Gasteiger partial charge in [0.05, 0.1) is 19.0 Å². The SMILES string of the molecule is COC(=O)Nc1ccc(Nc2c(F)cccc2F)nc1. The molecular weight excluding hydrogens is 268 g/mol. The fourth-order valence-electron chi connectivity index (χ4n) is 1.46. The molecule has 0 saturated carbocycles. The maximum Gasteiger partial charge on any atom is 0.411 e. The molecular formula is C13H11F2N3O2. The largest absolute Gasteiger partial charge is 0.453 e. The number of nitrogens with one attached hydrogen (secondary N) is 2. The van der Waals surface area contributed by atoms with Crippen molar-refractivity contribution >= 4 is 23.3 Å². The number of methoxy groups -OCH3 is 1. The Bertz CT molecular complexity index is 597. The lowest BCUT2D eigenvalue weighted by Crippen LogP contribution is -2.11. The highest BCUT2D eigenvalue weighted by molar-refractivity contribution is 5.84. The molecule has 0 aliphatic heterocycles. The number of carbonyl (C=O) groups is 1. The molecule has 5 nitrogen and oxygen atoms in total. The molecule has 20 heavy (non-hydrogen) atoms. The molecule has 1 aromatic carbocycles. The Morgan fingerprint density at radius 3 is 2.45 bits per heavy atom. The van der Waals surface area contributed by atoms with Crippen LogP contribution in [0.5, 0.6) is 0 Å². The Kier molecular flexibility index (Phi) is 4.09. The van der Waals surface area contributed by atoms with Gasteiger partial charge in [0.25, 0.3) is 0 Å². The molecule has 1 amide bonds. The normalized spacial score (nSPS) is 9.95. The van der Waals surface area contributed by atoms with Crippen LogP contribution >= 0.6 is 0 Å². The molecule has 1 aromatic heterocycles. The summed E-state index contributed by atoms with van der Waals surface area (Å²) in [6.45, 7) is 0. The van der Waals surface area contributed by atoms with E-state index in [2.05, 4.69) is 20.4 Å². The molecule has 2 aromatic rings. The summed E-state index contributed by atoms with van der Waals surface area (Å²) in [6.07, 6.45) is 0.700. The van der Waals surface area contributed by atoms with Crippen molar-refractivity contribution < 1.29 is 18.3 Å². The third-order valence-corrected chi connectivity index (χ3v) is 2.41. The average molecular weight is 279 g/mol. The first-order valence-corrected chi connectivity index (χ1v) is 5.62. The van der Waals surface area contributed by atoms with Crippen molar-refractivity contribution in [1.29, 1.82) is 0 Å². The van der Waals surface area contributed by atoms with Gasteiger partial charge in [0.15, 0.2) is 0 Å². The number of nitrogens with zero attached hydrogens (tertiary/aromatic N) is 1. The van der Waals surface area contributed by atoms with Gasteiger partial charge in [0, 0.05) is 0 Å². The molecule has 0 bridgehead atoms. The Morgan fingerprint density at radius 2 is 1.90 bits per heavy atom. The maximum absolute atomic E-state index is 13.4. The molecule has 0 radical (unpaired) electrons. The van der Waals surface area contributed by atoms with E-state index < -0.39 is 17.7 Å². The molecule has 2 N–H and O–H groups in total. The third-order valence-electron chi connectivity index (χ3n) is 2.41. The van der Waals surface area contributed by atoms with Crippen LogP contribution in [0.3, 0.4) is 0 Å². The molecule has 0 saturated heterocycles. The summed E-state index contributed by atoms with van der Waals surface area (Å²) in [6, 6.07) is 6.53. The highest BCUT2D eigenvalue weighted by Crippen LogP contribution is 2.22.